The van der Waals surface area contributed by atoms with E-state index in [1.165, 1.54) is 25.5 Å². The molecule has 1 saturated carbocycles. The number of hydrogen-bond acceptors (Lipinski definition) is 3. The van der Waals surface area contributed by atoms with Gasteiger partial charge in [-0.15, -0.1) is 0 Å². The van der Waals surface area contributed by atoms with Crippen LogP contribution in [0.1, 0.15) is 24.4 Å². The molecule has 1 aliphatic heterocycles. The molecule has 0 aromatic heterocycles. The summed E-state index contributed by atoms with van der Waals surface area (Å²) in [5, 5.41) is 0.432. The fourth-order valence-electron chi connectivity index (χ4n) is 3.17. The van der Waals surface area contributed by atoms with Crippen molar-refractivity contribution >= 4 is 11.6 Å². The van der Waals surface area contributed by atoms with Gasteiger partial charge in [-0.3, -0.25) is 4.90 Å². The van der Waals surface area contributed by atoms with E-state index in [4.69, 9.17) is 17.3 Å². The van der Waals surface area contributed by atoms with Gasteiger partial charge in [-0.1, -0.05) is 17.7 Å². The Hall–Kier alpha value is -0.680. The summed E-state index contributed by atoms with van der Waals surface area (Å²) in [6, 6.07) is 4.84. The van der Waals surface area contributed by atoms with Crippen LogP contribution in [0.2, 0.25) is 5.02 Å². The van der Waals surface area contributed by atoms with Crippen molar-refractivity contribution in [3.8, 4) is 0 Å². The first-order valence-corrected chi connectivity index (χ1v) is 8.16. The van der Waals surface area contributed by atoms with Gasteiger partial charge in [-0.2, -0.15) is 0 Å². The Morgan fingerprint density at radius 1 is 1.24 bits per heavy atom. The van der Waals surface area contributed by atoms with Gasteiger partial charge < -0.3 is 10.6 Å². The predicted octanol–water partition coefficient (Wildman–Crippen LogP) is 2.51. The highest BCUT2D eigenvalue weighted by molar-refractivity contribution is 6.30. The van der Waals surface area contributed by atoms with Gasteiger partial charge in [0.2, 0.25) is 0 Å². The Kier molecular flexibility index (Phi) is 4.79. The van der Waals surface area contributed by atoms with Crippen LogP contribution in [0.5, 0.6) is 0 Å². The van der Waals surface area contributed by atoms with Gasteiger partial charge in [0.25, 0.3) is 0 Å². The van der Waals surface area contributed by atoms with Crippen LogP contribution >= 0.6 is 11.6 Å². The van der Waals surface area contributed by atoms with Crippen LogP contribution < -0.4 is 5.73 Å². The van der Waals surface area contributed by atoms with Gasteiger partial charge in [0, 0.05) is 49.9 Å². The standard InChI is InChI=1S/C16H23ClFN3/c17-13-3-4-14(15(18)9-13)16(10-19)21-7-5-20(6-8-21)11-12-1-2-12/h3-4,9,12,16H,1-2,5-8,10-11,19H2. The summed E-state index contributed by atoms with van der Waals surface area (Å²) in [5.41, 5.74) is 6.58. The van der Waals surface area contributed by atoms with Gasteiger partial charge >= 0.3 is 0 Å². The third-order valence-corrected chi connectivity index (χ3v) is 4.84. The SMILES string of the molecule is NCC(c1ccc(Cl)cc1F)N1CCN(CC2CC2)CC1. The molecular formula is C16H23ClFN3. The van der Waals surface area contributed by atoms with Crippen molar-refractivity contribution in [2.75, 3.05) is 39.3 Å². The minimum atomic E-state index is -0.252. The molecule has 1 unspecified atom stereocenters. The molecule has 1 heterocycles. The molecule has 3 rings (SSSR count). The second-order valence-corrected chi connectivity index (χ2v) is 6.63. The molecular weight excluding hydrogens is 289 g/mol. The van der Waals surface area contributed by atoms with E-state index in [9.17, 15) is 4.39 Å². The van der Waals surface area contributed by atoms with Crippen molar-refractivity contribution in [3.05, 3.63) is 34.6 Å². The van der Waals surface area contributed by atoms with Crippen molar-refractivity contribution in [2.24, 2.45) is 11.7 Å². The third kappa shape index (κ3) is 3.75. The summed E-state index contributed by atoms with van der Waals surface area (Å²) in [7, 11) is 0. The van der Waals surface area contributed by atoms with Crippen LogP contribution in [0.3, 0.4) is 0 Å². The van der Waals surface area contributed by atoms with E-state index in [0.29, 0.717) is 17.1 Å². The molecule has 1 aliphatic carbocycles. The first-order chi connectivity index (χ1) is 10.2. The van der Waals surface area contributed by atoms with Gasteiger partial charge in [0.05, 0.1) is 6.04 Å². The van der Waals surface area contributed by atoms with Gasteiger partial charge in [0.15, 0.2) is 0 Å². The highest BCUT2D eigenvalue weighted by Crippen LogP contribution is 2.31. The molecule has 3 nitrogen and oxygen atoms in total. The minimum absolute atomic E-state index is 0.0506. The molecule has 5 heteroatoms. The number of rotatable bonds is 5. The summed E-state index contributed by atoms with van der Waals surface area (Å²) in [6.07, 6.45) is 2.78. The molecule has 0 bridgehead atoms. The summed E-state index contributed by atoms with van der Waals surface area (Å²) >= 11 is 5.83. The normalized spacial score (nSPS) is 22.4. The largest absolute Gasteiger partial charge is 0.329 e. The lowest BCUT2D eigenvalue weighted by atomic mass is 10.0. The molecule has 0 radical (unpaired) electrons. The number of benzene rings is 1. The Morgan fingerprint density at radius 3 is 2.52 bits per heavy atom. The first kappa shape index (κ1) is 15.2. The van der Waals surface area contributed by atoms with E-state index in [2.05, 4.69) is 9.80 Å². The maximum atomic E-state index is 14.1. The Bertz CT molecular complexity index is 484. The second kappa shape index (κ2) is 6.61. The van der Waals surface area contributed by atoms with Crippen LogP contribution in [0, 0.1) is 11.7 Å². The van der Waals surface area contributed by atoms with E-state index in [1.807, 2.05) is 0 Å². The molecule has 1 aromatic carbocycles. The van der Waals surface area contributed by atoms with Crippen molar-refractivity contribution in [1.82, 2.24) is 9.80 Å². The summed E-state index contributed by atoms with van der Waals surface area (Å²) in [5.74, 6) is 0.675. The van der Waals surface area contributed by atoms with Crippen molar-refractivity contribution < 1.29 is 4.39 Å². The minimum Gasteiger partial charge on any atom is -0.329 e. The van der Waals surface area contributed by atoms with Crippen molar-refractivity contribution in [1.29, 1.82) is 0 Å². The predicted molar refractivity (Wildman–Crippen MR) is 83.9 cm³/mol. The smallest absolute Gasteiger partial charge is 0.129 e. The van der Waals surface area contributed by atoms with Gasteiger partial charge in [-0.05, 0) is 30.9 Å². The Morgan fingerprint density at radius 2 is 1.95 bits per heavy atom. The number of hydrogen-bond donors (Lipinski definition) is 1. The molecule has 1 aromatic rings. The molecule has 0 spiro atoms. The highest BCUT2D eigenvalue weighted by atomic mass is 35.5. The van der Waals surface area contributed by atoms with E-state index in [1.54, 1.807) is 12.1 Å². The number of nitrogens with two attached hydrogens (primary N) is 1. The van der Waals surface area contributed by atoms with Crippen LogP contribution in [0.25, 0.3) is 0 Å². The molecule has 2 N–H and O–H groups in total. The number of piperazine rings is 1. The molecule has 21 heavy (non-hydrogen) atoms. The molecule has 116 valence electrons. The molecule has 1 saturated heterocycles. The summed E-state index contributed by atoms with van der Waals surface area (Å²) < 4.78 is 14.1. The average Bonchev–Trinajstić information content (AvgIpc) is 3.27. The number of halogens is 2. The number of nitrogens with zero attached hydrogens (tertiary/aromatic N) is 2. The van der Waals surface area contributed by atoms with Gasteiger partial charge in [-0.25, -0.2) is 4.39 Å². The quantitative estimate of drug-likeness (QED) is 0.907. The van der Waals surface area contributed by atoms with Crippen LogP contribution in [0.4, 0.5) is 4.39 Å². The van der Waals surface area contributed by atoms with Gasteiger partial charge in [0.1, 0.15) is 5.82 Å². The van der Waals surface area contributed by atoms with E-state index < -0.39 is 0 Å². The fourth-order valence-corrected chi connectivity index (χ4v) is 3.33. The Labute approximate surface area is 130 Å². The second-order valence-electron chi connectivity index (χ2n) is 6.20. The maximum absolute atomic E-state index is 14.1. The summed E-state index contributed by atoms with van der Waals surface area (Å²) in [6.45, 7) is 5.69. The Balaban J connectivity index is 1.63. The maximum Gasteiger partial charge on any atom is 0.129 e. The topological polar surface area (TPSA) is 32.5 Å². The summed E-state index contributed by atoms with van der Waals surface area (Å²) in [4.78, 5) is 4.83. The monoisotopic (exact) mass is 311 g/mol. The third-order valence-electron chi connectivity index (χ3n) is 4.61. The lowest BCUT2D eigenvalue weighted by Gasteiger charge is -2.39. The lowest BCUT2D eigenvalue weighted by Crippen LogP contribution is -2.49. The van der Waals surface area contributed by atoms with E-state index in [0.717, 1.165) is 32.1 Å². The van der Waals surface area contributed by atoms with Crippen LogP contribution in [-0.2, 0) is 0 Å². The van der Waals surface area contributed by atoms with Crippen LogP contribution in [0.15, 0.2) is 18.2 Å². The molecule has 2 aliphatic rings. The zero-order valence-electron chi connectivity index (χ0n) is 12.3. The van der Waals surface area contributed by atoms with Crippen molar-refractivity contribution in [2.45, 2.75) is 18.9 Å². The van der Waals surface area contributed by atoms with E-state index in [-0.39, 0.29) is 11.9 Å². The molecule has 2 fully saturated rings. The fraction of sp³-hybridized carbons (Fsp3) is 0.625. The zero-order chi connectivity index (χ0) is 14.8. The zero-order valence-corrected chi connectivity index (χ0v) is 13.0. The average molecular weight is 312 g/mol. The van der Waals surface area contributed by atoms with Crippen molar-refractivity contribution in [3.63, 3.8) is 0 Å². The van der Waals surface area contributed by atoms with E-state index >= 15 is 0 Å². The first-order valence-electron chi connectivity index (χ1n) is 7.79. The molecule has 1 atom stereocenters. The van der Waals surface area contributed by atoms with Crippen LogP contribution in [-0.4, -0.2) is 49.1 Å². The lowest BCUT2D eigenvalue weighted by molar-refractivity contribution is 0.0942. The highest BCUT2D eigenvalue weighted by Gasteiger charge is 2.29. The molecule has 0 amide bonds.